The topological polar surface area (TPSA) is 46.6 Å². The van der Waals surface area contributed by atoms with Crippen molar-refractivity contribution in [2.75, 3.05) is 11.4 Å². The van der Waals surface area contributed by atoms with Crippen molar-refractivity contribution >= 4 is 15.7 Å². The van der Waals surface area contributed by atoms with Crippen molar-refractivity contribution in [3.63, 3.8) is 0 Å². The number of hydrogen-bond acceptors (Lipinski definition) is 3. The summed E-state index contributed by atoms with van der Waals surface area (Å²) in [6.45, 7) is 0. The van der Waals surface area contributed by atoms with Crippen LogP contribution in [0.2, 0.25) is 0 Å². The fourth-order valence-corrected chi connectivity index (χ4v) is 3.08. The van der Waals surface area contributed by atoms with Crippen molar-refractivity contribution < 1.29 is 35.1 Å². The fraction of sp³-hybridized carbons (Fsp3) is 0.143. The van der Waals surface area contributed by atoms with E-state index in [4.69, 9.17) is 0 Å². The van der Waals surface area contributed by atoms with Gasteiger partial charge < -0.3 is 4.74 Å². The molecular weight excluding hydrogens is 357 g/mol. The van der Waals surface area contributed by atoms with E-state index in [1.807, 2.05) is 0 Å². The summed E-state index contributed by atoms with van der Waals surface area (Å²) in [6, 6.07) is 5.78. The highest BCUT2D eigenvalue weighted by molar-refractivity contribution is 7.92. The van der Waals surface area contributed by atoms with Gasteiger partial charge in [-0.3, -0.25) is 4.31 Å². The molecular formula is C14H10F5NO3S. The van der Waals surface area contributed by atoms with E-state index in [1.165, 1.54) is 0 Å². The van der Waals surface area contributed by atoms with Gasteiger partial charge in [-0.15, -0.1) is 13.2 Å². The van der Waals surface area contributed by atoms with Gasteiger partial charge in [-0.25, -0.2) is 17.2 Å². The van der Waals surface area contributed by atoms with Crippen LogP contribution in [0.4, 0.5) is 27.6 Å². The molecule has 2 aromatic carbocycles. The number of halogens is 5. The smallest absolute Gasteiger partial charge is 0.406 e. The number of anilines is 1. The predicted molar refractivity (Wildman–Crippen MR) is 75.1 cm³/mol. The van der Waals surface area contributed by atoms with Crippen molar-refractivity contribution in [3.8, 4) is 5.75 Å². The molecule has 0 spiro atoms. The Morgan fingerprint density at radius 1 is 1.04 bits per heavy atom. The average molecular weight is 367 g/mol. The summed E-state index contributed by atoms with van der Waals surface area (Å²) in [4.78, 5) is -0.574. The molecule has 0 aliphatic carbocycles. The van der Waals surface area contributed by atoms with Gasteiger partial charge in [-0.2, -0.15) is 0 Å². The fourth-order valence-electron chi connectivity index (χ4n) is 1.85. The third-order valence-corrected chi connectivity index (χ3v) is 4.71. The van der Waals surface area contributed by atoms with Crippen molar-refractivity contribution in [2.24, 2.45) is 0 Å². The largest absolute Gasteiger partial charge is 0.573 e. The zero-order valence-electron chi connectivity index (χ0n) is 12.0. The summed E-state index contributed by atoms with van der Waals surface area (Å²) in [5.41, 5.74) is -0.586. The molecule has 0 saturated heterocycles. The van der Waals surface area contributed by atoms with E-state index in [0.717, 1.165) is 37.4 Å². The standard InChI is InChI=1S/C14H10F5NO3S/c1-20(13-7-9(15)5-6-12(13)16)24(21,22)11-4-2-3-10(8-11)23-14(17,18)19/h2-8H,1H3. The number of alkyl halides is 3. The second kappa shape index (κ2) is 6.27. The number of hydrogen-bond donors (Lipinski definition) is 0. The lowest BCUT2D eigenvalue weighted by Crippen LogP contribution is -2.27. The Bertz CT molecular complexity index is 852. The average Bonchev–Trinajstić information content (AvgIpc) is 2.47. The van der Waals surface area contributed by atoms with Crippen LogP contribution in [0.1, 0.15) is 0 Å². The van der Waals surface area contributed by atoms with Gasteiger partial charge in [-0.05, 0) is 24.3 Å². The normalized spacial score (nSPS) is 12.1. The van der Waals surface area contributed by atoms with Crippen molar-refractivity contribution in [1.82, 2.24) is 0 Å². The van der Waals surface area contributed by atoms with E-state index in [1.54, 1.807) is 0 Å². The molecule has 130 valence electrons. The van der Waals surface area contributed by atoms with Crippen LogP contribution >= 0.6 is 0 Å². The zero-order chi connectivity index (χ0) is 18.1. The van der Waals surface area contributed by atoms with E-state index in [-0.39, 0.29) is 0 Å². The van der Waals surface area contributed by atoms with Gasteiger partial charge in [0, 0.05) is 19.2 Å². The Kier molecular flexibility index (Phi) is 4.70. The first-order valence-corrected chi connectivity index (χ1v) is 7.74. The van der Waals surface area contributed by atoms with Crippen LogP contribution in [0.3, 0.4) is 0 Å². The maximum atomic E-state index is 13.7. The minimum Gasteiger partial charge on any atom is -0.406 e. The molecule has 0 aliphatic heterocycles. The highest BCUT2D eigenvalue weighted by Crippen LogP contribution is 2.29. The van der Waals surface area contributed by atoms with E-state index in [2.05, 4.69) is 4.74 Å². The van der Waals surface area contributed by atoms with Gasteiger partial charge in [0.05, 0.1) is 10.6 Å². The van der Waals surface area contributed by atoms with Crippen LogP contribution in [0.5, 0.6) is 5.75 Å². The second-order valence-electron chi connectivity index (χ2n) is 4.59. The van der Waals surface area contributed by atoms with Crippen molar-refractivity contribution in [3.05, 3.63) is 54.1 Å². The molecule has 0 aliphatic rings. The van der Waals surface area contributed by atoms with E-state index < -0.39 is 44.4 Å². The molecule has 0 amide bonds. The Morgan fingerprint density at radius 2 is 1.71 bits per heavy atom. The highest BCUT2D eigenvalue weighted by Gasteiger charge is 2.32. The lowest BCUT2D eigenvalue weighted by Gasteiger charge is -2.20. The van der Waals surface area contributed by atoms with Gasteiger partial charge in [0.25, 0.3) is 10.0 Å². The van der Waals surface area contributed by atoms with Crippen LogP contribution in [0, 0.1) is 11.6 Å². The molecule has 24 heavy (non-hydrogen) atoms. The summed E-state index contributed by atoms with van der Waals surface area (Å²) >= 11 is 0. The Balaban J connectivity index is 2.43. The molecule has 0 radical (unpaired) electrons. The van der Waals surface area contributed by atoms with E-state index in [0.29, 0.717) is 16.4 Å². The van der Waals surface area contributed by atoms with Gasteiger partial charge in [0.1, 0.15) is 17.4 Å². The van der Waals surface area contributed by atoms with Gasteiger partial charge in [-0.1, -0.05) is 6.07 Å². The predicted octanol–water partition coefficient (Wildman–Crippen LogP) is 3.69. The highest BCUT2D eigenvalue weighted by atomic mass is 32.2. The van der Waals surface area contributed by atoms with Crippen LogP contribution in [-0.4, -0.2) is 21.8 Å². The van der Waals surface area contributed by atoms with E-state index in [9.17, 15) is 30.4 Å². The summed E-state index contributed by atoms with van der Waals surface area (Å²) in [7, 11) is -3.48. The molecule has 0 bridgehead atoms. The molecule has 0 atom stereocenters. The van der Waals surface area contributed by atoms with E-state index >= 15 is 0 Å². The summed E-state index contributed by atoms with van der Waals surface area (Å²) in [5, 5.41) is 0. The molecule has 0 aromatic heterocycles. The summed E-state index contributed by atoms with van der Waals surface area (Å²) in [5.74, 6) is -2.63. The second-order valence-corrected chi connectivity index (χ2v) is 6.56. The first kappa shape index (κ1) is 18.0. The van der Waals surface area contributed by atoms with Crippen LogP contribution in [0.25, 0.3) is 0 Å². The molecule has 4 nitrogen and oxygen atoms in total. The first-order chi connectivity index (χ1) is 11.0. The number of sulfonamides is 1. The molecule has 0 saturated carbocycles. The Labute approximate surface area is 134 Å². The maximum absolute atomic E-state index is 13.7. The lowest BCUT2D eigenvalue weighted by atomic mass is 10.3. The Morgan fingerprint density at radius 3 is 2.33 bits per heavy atom. The first-order valence-electron chi connectivity index (χ1n) is 6.30. The third kappa shape index (κ3) is 3.94. The number of ether oxygens (including phenoxy) is 1. The Hall–Kier alpha value is -2.36. The van der Waals surface area contributed by atoms with Gasteiger partial charge in [0.2, 0.25) is 0 Å². The van der Waals surface area contributed by atoms with Crippen molar-refractivity contribution in [1.29, 1.82) is 0 Å². The molecule has 0 N–H and O–H groups in total. The monoisotopic (exact) mass is 367 g/mol. The number of benzene rings is 2. The lowest BCUT2D eigenvalue weighted by molar-refractivity contribution is -0.274. The van der Waals surface area contributed by atoms with Crippen molar-refractivity contribution in [2.45, 2.75) is 11.3 Å². The van der Waals surface area contributed by atoms with Gasteiger partial charge >= 0.3 is 6.36 Å². The van der Waals surface area contributed by atoms with Crippen LogP contribution in [-0.2, 0) is 10.0 Å². The minimum absolute atomic E-state index is 0.429. The maximum Gasteiger partial charge on any atom is 0.573 e. The molecule has 10 heteroatoms. The summed E-state index contributed by atoms with van der Waals surface area (Å²) in [6.07, 6.45) is -5.00. The SMILES string of the molecule is CN(c1cc(F)ccc1F)S(=O)(=O)c1cccc(OC(F)(F)F)c1. The number of nitrogens with zero attached hydrogens (tertiary/aromatic N) is 1. The molecule has 0 heterocycles. The zero-order valence-corrected chi connectivity index (χ0v) is 12.8. The number of rotatable bonds is 4. The van der Waals surface area contributed by atoms with Crippen LogP contribution < -0.4 is 9.04 Å². The van der Waals surface area contributed by atoms with Gasteiger partial charge in [0.15, 0.2) is 0 Å². The molecule has 2 rings (SSSR count). The minimum atomic E-state index is -5.00. The molecule has 0 unspecified atom stereocenters. The summed E-state index contributed by atoms with van der Waals surface area (Å²) < 4.78 is 92.5. The molecule has 0 fully saturated rings. The van der Waals surface area contributed by atoms with Crippen LogP contribution in [0.15, 0.2) is 47.4 Å². The third-order valence-electron chi connectivity index (χ3n) is 2.94. The quantitative estimate of drug-likeness (QED) is 0.775. The molecule has 2 aromatic rings.